The zero-order chi connectivity index (χ0) is 19.5. The molecule has 142 valence electrons. The van der Waals surface area contributed by atoms with E-state index in [4.69, 9.17) is 9.47 Å². The molecule has 0 fully saturated rings. The van der Waals surface area contributed by atoms with Gasteiger partial charge in [0.1, 0.15) is 0 Å². The fourth-order valence-corrected chi connectivity index (χ4v) is 3.72. The van der Waals surface area contributed by atoms with Crippen LogP contribution in [-0.2, 0) is 6.54 Å². The third-order valence-electron chi connectivity index (χ3n) is 4.38. The van der Waals surface area contributed by atoms with Gasteiger partial charge in [-0.15, -0.1) is 11.3 Å². The third-order valence-corrected chi connectivity index (χ3v) is 5.39. The van der Waals surface area contributed by atoms with Gasteiger partial charge < -0.3 is 20.1 Å². The molecule has 4 rings (SSSR count). The van der Waals surface area contributed by atoms with Crippen molar-refractivity contribution in [2.75, 3.05) is 12.1 Å². The molecular weight excluding hydrogens is 376 g/mol. The number of hydrogen-bond donors (Lipinski definition) is 2. The molecule has 7 heteroatoms. The molecule has 0 aliphatic carbocycles. The number of rotatable bonds is 5. The fourth-order valence-electron chi connectivity index (χ4n) is 2.90. The van der Waals surface area contributed by atoms with Crippen LogP contribution in [0, 0.1) is 6.92 Å². The lowest BCUT2D eigenvalue weighted by Gasteiger charge is -2.11. The maximum Gasteiger partial charge on any atom is 0.266 e. The molecule has 2 amide bonds. The van der Waals surface area contributed by atoms with Crippen molar-refractivity contribution in [3.05, 3.63) is 75.5 Å². The van der Waals surface area contributed by atoms with Crippen LogP contribution in [0.4, 0.5) is 5.69 Å². The number of carbonyl (C=O) groups excluding carboxylic acids is 2. The van der Waals surface area contributed by atoms with Gasteiger partial charge in [-0.25, -0.2) is 0 Å². The number of nitrogens with one attached hydrogen (secondary N) is 2. The quantitative estimate of drug-likeness (QED) is 0.687. The number of amides is 2. The van der Waals surface area contributed by atoms with E-state index in [1.54, 1.807) is 24.3 Å². The van der Waals surface area contributed by atoms with Crippen molar-refractivity contribution >= 4 is 28.8 Å². The first-order valence-electron chi connectivity index (χ1n) is 8.73. The van der Waals surface area contributed by atoms with E-state index in [1.165, 1.54) is 11.3 Å². The van der Waals surface area contributed by atoms with Gasteiger partial charge >= 0.3 is 0 Å². The molecule has 1 aliphatic heterocycles. The lowest BCUT2D eigenvalue weighted by Crippen LogP contribution is -2.24. The Labute approximate surface area is 166 Å². The molecule has 0 radical (unpaired) electrons. The Morgan fingerprint density at radius 1 is 1.04 bits per heavy atom. The number of aryl methyl sites for hydroxylation is 1. The minimum atomic E-state index is -0.267. The molecule has 0 atom stereocenters. The molecular formula is C21H18N2O4S. The number of anilines is 1. The lowest BCUT2D eigenvalue weighted by atomic mass is 10.1. The van der Waals surface area contributed by atoms with Gasteiger partial charge in [-0.1, -0.05) is 18.2 Å². The maximum atomic E-state index is 12.7. The third kappa shape index (κ3) is 3.70. The Hall–Kier alpha value is -3.32. The van der Waals surface area contributed by atoms with Crippen LogP contribution in [0.1, 0.15) is 31.2 Å². The summed E-state index contributed by atoms with van der Waals surface area (Å²) in [5.74, 6) is 0.887. The van der Waals surface area contributed by atoms with E-state index >= 15 is 0 Å². The van der Waals surface area contributed by atoms with E-state index in [9.17, 15) is 9.59 Å². The van der Waals surface area contributed by atoms with E-state index in [-0.39, 0.29) is 18.6 Å². The predicted molar refractivity (Wildman–Crippen MR) is 107 cm³/mol. The molecule has 0 bridgehead atoms. The van der Waals surface area contributed by atoms with Crippen LogP contribution in [0.2, 0.25) is 0 Å². The zero-order valence-corrected chi connectivity index (χ0v) is 16.0. The normalized spacial score (nSPS) is 11.9. The molecule has 0 saturated heterocycles. The van der Waals surface area contributed by atoms with Gasteiger partial charge in [0.15, 0.2) is 11.5 Å². The van der Waals surface area contributed by atoms with E-state index in [0.717, 1.165) is 11.1 Å². The van der Waals surface area contributed by atoms with Crippen molar-refractivity contribution in [1.29, 1.82) is 0 Å². The number of benzene rings is 2. The first kappa shape index (κ1) is 18.1. The largest absolute Gasteiger partial charge is 0.454 e. The second-order valence-corrected chi connectivity index (χ2v) is 7.22. The summed E-state index contributed by atoms with van der Waals surface area (Å²) in [6, 6.07) is 14.4. The Kier molecular flexibility index (Phi) is 4.99. The topological polar surface area (TPSA) is 76.7 Å². The average Bonchev–Trinajstić information content (AvgIpc) is 3.34. The van der Waals surface area contributed by atoms with Crippen LogP contribution in [0.5, 0.6) is 11.5 Å². The Morgan fingerprint density at radius 2 is 1.86 bits per heavy atom. The molecule has 3 aromatic rings. The highest BCUT2D eigenvalue weighted by atomic mass is 32.1. The van der Waals surface area contributed by atoms with Gasteiger partial charge in [0.2, 0.25) is 6.79 Å². The van der Waals surface area contributed by atoms with E-state index in [2.05, 4.69) is 10.6 Å². The minimum Gasteiger partial charge on any atom is -0.454 e. The summed E-state index contributed by atoms with van der Waals surface area (Å²) < 4.78 is 10.6. The Balaban J connectivity index is 1.46. The van der Waals surface area contributed by atoms with Crippen LogP contribution in [0.3, 0.4) is 0 Å². The number of hydrogen-bond acceptors (Lipinski definition) is 5. The molecule has 28 heavy (non-hydrogen) atoms. The number of para-hydroxylation sites is 1. The number of thiophene rings is 1. The van der Waals surface area contributed by atoms with Crippen molar-refractivity contribution in [3.63, 3.8) is 0 Å². The first-order valence-corrected chi connectivity index (χ1v) is 9.61. The summed E-state index contributed by atoms with van der Waals surface area (Å²) in [5.41, 5.74) is 2.69. The maximum absolute atomic E-state index is 12.7. The van der Waals surface area contributed by atoms with Gasteiger partial charge in [0, 0.05) is 6.54 Å². The van der Waals surface area contributed by atoms with Crippen molar-refractivity contribution in [3.8, 4) is 11.5 Å². The van der Waals surface area contributed by atoms with Crippen LogP contribution in [0.15, 0.2) is 53.9 Å². The number of ether oxygens (including phenoxy) is 2. The summed E-state index contributed by atoms with van der Waals surface area (Å²) in [6.07, 6.45) is 0. The predicted octanol–water partition coefficient (Wildman–Crippen LogP) is 3.97. The highest BCUT2D eigenvalue weighted by molar-refractivity contribution is 7.12. The van der Waals surface area contributed by atoms with Gasteiger partial charge in [-0.05, 0) is 53.8 Å². The van der Waals surface area contributed by atoms with E-state index in [1.807, 2.05) is 36.6 Å². The van der Waals surface area contributed by atoms with Gasteiger partial charge in [-0.2, -0.15) is 0 Å². The number of fused-ring (bicyclic) bond motifs is 1. The average molecular weight is 394 g/mol. The Morgan fingerprint density at radius 3 is 2.68 bits per heavy atom. The summed E-state index contributed by atoms with van der Waals surface area (Å²) in [6.45, 7) is 2.43. The van der Waals surface area contributed by atoms with Crippen LogP contribution in [0.25, 0.3) is 0 Å². The molecule has 2 aromatic carbocycles. The summed E-state index contributed by atoms with van der Waals surface area (Å²) in [5, 5.41) is 7.59. The van der Waals surface area contributed by atoms with Crippen LogP contribution >= 0.6 is 11.3 Å². The fraction of sp³-hybridized carbons (Fsp3) is 0.143. The van der Waals surface area contributed by atoms with Gasteiger partial charge in [0.05, 0.1) is 16.1 Å². The summed E-state index contributed by atoms with van der Waals surface area (Å²) in [4.78, 5) is 25.8. The standard InChI is InChI=1S/C21H18N2O4S/c1-13-8-9-28-19(13)21(25)23-16-5-3-2-4-15(16)20(24)22-11-14-6-7-17-18(10-14)27-12-26-17/h2-10H,11-12H2,1H3,(H,22,24)(H,23,25). The minimum absolute atomic E-state index is 0.210. The second-order valence-electron chi connectivity index (χ2n) is 6.30. The summed E-state index contributed by atoms with van der Waals surface area (Å²) >= 11 is 1.37. The molecule has 2 heterocycles. The van der Waals surface area contributed by atoms with E-state index in [0.29, 0.717) is 34.2 Å². The zero-order valence-electron chi connectivity index (χ0n) is 15.2. The number of carbonyl (C=O) groups is 2. The van der Waals surface area contributed by atoms with Crippen molar-refractivity contribution in [2.45, 2.75) is 13.5 Å². The van der Waals surface area contributed by atoms with Crippen molar-refractivity contribution < 1.29 is 19.1 Å². The molecule has 6 nitrogen and oxygen atoms in total. The molecule has 1 aliphatic rings. The van der Waals surface area contributed by atoms with E-state index < -0.39 is 0 Å². The highest BCUT2D eigenvalue weighted by Crippen LogP contribution is 2.32. The van der Waals surface area contributed by atoms with Crippen molar-refractivity contribution in [1.82, 2.24) is 5.32 Å². The SMILES string of the molecule is Cc1ccsc1C(=O)Nc1ccccc1C(=O)NCc1ccc2c(c1)OCO2. The Bertz CT molecular complexity index is 1040. The summed E-state index contributed by atoms with van der Waals surface area (Å²) in [7, 11) is 0. The van der Waals surface area contributed by atoms with Crippen LogP contribution in [-0.4, -0.2) is 18.6 Å². The lowest BCUT2D eigenvalue weighted by molar-refractivity contribution is 0.0951. The van der Waals surface area contributed by atoms with Crippen LogP contribution < -0.4 is 20.1 Å². The molecule has 0 unspecified atom stereocenters. The van der Waals surface area contributed by atoms with Gasteiger partial charge in [-0.3, -0.25) is 9.59 Å². The highest BCUT2D eigenvalue weighted by Gasteiger charge is 2.17. The molecule has 0 spiro atoms. The smallest absolute Gasteiger partial charge is 0.266 e. The van der Waals surface area contributed by atoms with Crippen molar-refractivity contribution in [2.24, 2.45) is 0 Å². The van der Waals surface area contributed by atoms with Gasteiger partial charge in [0.25, 0.3) is 11.8 Å². The molecule has 1 aromatic heterocycles. The molecule has 2 N–H and O–H groups in total. The molecule has 0 saturated carbocycles. The second kappa shape index (κ2) is 7.74. The first-order chi connectivity index (χ1) is 13.6. The monoisotopic (exact) mass is 394 g/mol.